The number of hydrogen-bond donors (Lipinski definition) is 2. The van der Waals surface area contributed by atoms with Crippen molar-refractivity contribution in [3.8, 4) is 11.5 Å². The average molecular weight is 211 g/mol. The zero-order chi connectivity index (χ0) is 11.3. The Morgan fingerprint density at radius 1 is 1.40 bits per heavy atom. The second-order valence-electron chi connectivity index (χ2n) is 3.45. The Bertz CT molecular complexity index is 313. The summed E-state index contributed by atoms with van der Waals surface area (Å²) in [5.41, 5.74) is 2.98. The van der Waals surface area contributed by atoms with E-state index in [1.165, 1.54) is 0 Å². The van der Waals surface area contributed by atoms with Crippen LogP contribution in [0.4, 0.5) is 0 Å². The van der Waals surface area contributed by atoms with Gasteiger partial charge in [-0.05, 0) is 19.9 Å². The maximum absolute atomic E-state index is 8.70. The topological polar surface area (TPSA) is 50.7 Å². The molecule has 1 aromatic carbocycles. The summed E-state index contributed by atoms with van der Waals surface area (Å²) in [6.07, 6.45) is 0.0683. The molecule has 4 nitrogen and oxygen atoms in total. The van der Waals surface area contributed by atoms with Gasteiger partial charge >= 0.3 is 0 Å². The minimum atomic E-state index is 0.0683. The highest BCUT2D eigenvalue weighted by molar-refractivity contribution is 5.46. The van der Waals surface area contributed by atoms with Crippen molar-refractivity contribution in [1.29, 1.82) is 0 Å². The fraction of sp³-hybridized carbons (Fsp3) is 0.455. The standard InChI is InChI=1S/C11H17NO3/c1-8(2)15-11-9(7-12-13)5-4-6-10(11)14-3/h4-6,8,12-13H,7H2,1-3H3. The predicted molar refractivity (Wildman–Crippen MR) is 57.4 cm³/mol. The lowest BCUT2D eigenvalue weighted by atomic mass is 10.2. The van der Waals surface area contributed by atoms with Crippen LogP contribution in [0.5, 0.6) is 11.5 Å². The number of hydroxylamine groups is 1. The summed E-state index contributed by atoms with van der Waals surface area (Å²) in [7, 11) is 1.60. The van der Waals surface area contributed by atoms with Crippen LogP contribution < -0.4 is 15.0 Å². The normalized spacial score (nSPS) is 10.5. The highest BCUT2D eigenvalue weighted by Crippen LogP contribution is 2.31. The number of benzene rings is 1. The van der Waals surface area contributed by atoms with Crippen molar-refractivity contribution in [3.05, 3.63) is 23.8 Å². The number of ether oxygens (including phenoxy) is 2. The molecule has 0 fully saturated rings. The minimum Gasteiger partial charge on any atom is -0.493 e. The van der Waals surface area contributed by atoms with Crippen molar-refractivity contribution in [3.63, 3.8) is 0 Å². The predicted octanol–water partition coefficient (Wildman–Crippen LogP) is 1.96. The van der Waals surface area contributed by atoms with Gasteiger partial charge in [-0.1, -0.05) is 12.1 Å². The van der Waals surface area contributed by atoms with E-state index in [-0.39, 0.29) is 6.10 Å². The molecule has 84 valence electrons. The second kappa shape index (κ2) is 5.58. The van der Waals surface area contributed by atoms with Gasteiger partial charge in [-0.2, -0.15) is 0 Å². The van der Waals surface area contributed by atoms with Crippen molar-refractivity contribution >= 4 is 0 Å². The third kappa shape index (κ3) is 3.11. The lowest BCUT2D eigenvalue weighted by Gasteiger charge is -2.16. The van der Waals surface area contributed by atoms with E-state index >= 15 is 0 Å². The second-order valence-corrected chi connectivity index (χ2v) is 3.45. The van der Waals surface area contributed by atoms with Crippen molar-refractivity contribution in [2.45, 2.75) is 26.5 Å². The molecule has 1 aromatic rings. The first-order valence-corrected chi connectivity index (χ1v) is 4.88. The molecule has 0 radical (unpaired) electrons. The summed E-state index contributed by atoms with van der Waals surface area (Å²) in [4.78, 5) is 0. The first-order chi connectivity index (χ1) is 7.19. The smallest absolute Gasteiger partial charge is 0.166 e. The molecular weight excluding hydrogens is 194 g/mol. The zero-order valence-corrected chi connectivity index (χ0v) is 9.28. The monoisotopic (exact) mass is 211 g/mol. The number of rotatable bonds is 5. The molecule has 0 amide bonds. The molecule has 0 aliphatic heterocycles. The van der Waals surface area contributed by atoms with E-state index in [0.717, 1.165) is 5.56 Å². The largest absolute Gasteiger partial charge is 0.493 e. The van der Waals surface area contributed by atoms with Crippen LogP contribution in [0.1, 0.15) is 19.4 Å². The van der Waals surface area contributed by atoms with Gasteiger partial charge < -0.3 is 14.7 Å². The van der Waals surface area contributed by atoms with Crippen LogP contribution in [-0.4, -0.2) is 18.4 Å². The molecule has 0 spiro atoms. The Balaban J connectivity index is 3.02. The molecule has 0 aromatic heterocycles. The molecule has 0 aliphatic carbocycles. The Morgan fingerprint density at radius 2 is 2.13 bits per heavy atom. The summed E-state index contributed by atoms with van der Waals surface area (Å²) in [5.74, 6) is 1.35. The van der Waals surface area contributed by atoms with Gasteiger partial charge in [0.2, 0.25) is 0 Å². The SMILES string of the molecule is COc1cccc(CNO)c1OC(C)C. The van der Waals surface area contributed by atoms with Crippen molar-refractivity contribution in [2.75, 3.05) is 7.11 Å². The van der Waals surface area contributed by atoms with Crippen molar-refractivity contribution in [2.24, 2.45) is 0 Å². The maximum atomic E-state index is 8.70. The number of para-hydroxylation sites is 1. The average Bonchev–Trinajstić information content (AvgIpc) is 2.20. The van der Waals surface area contributed by atoms with E-state index in [4.69, 9.17) is 14.7 Å². The first kappa shape index (κ1) is 11.8. The van der Waals surface area contributed by atoms with Crippen LogP contribution in [0.3, 0.4) is 0 Å². The van der Waals surface area contributed by atoms with E-state index in [0.29, 0.717) is 18.0 Å². The Morgan fingerprint density at radius 3 is 2.67 bits per heavy atom. The highest BCUT2D eigenvalue weighted by atomic mass is 16.5. The minimum absolute atomic E-state index is 0.0683. The van der Waals surface area contributed by atoms with Gasteiger partial charge in [0, 0.05) is 12.1 Å². The van der Waals surface area contributed by atoms with Gasteiger partial charge in [-0.3, -0.25) is 0 Å². The molecule has 0 heterocycles. The molecule has 0 atom stereocenters. The zero-order valence-electron chi connectivity index (χ0n) is 9.28. The summed E-state index contributed by atoms with van der Waals surface area (Å²) in [6, 6.07) is 5.57. The first-order valence-electron chi connectivity index (χ1n) is 4.88. The molecule has 0 aliphatic rings. The number of methoxy groups -OCH3 is 1. The quantitative estimate of drug-likeness (QED) is 0.731. The Kier molecular flexibility index (Phi) is 4.39. The van der Waals surface area contributed by atoms with Crippen LogP contribution >= 0.6 is 0 Å². The molecule has 4 heteroatoms. The fourth-order valence-electron chi connectivity index (χ4n) is 1.32. The highest BCUT2D eigenvalue weighted by Gasteiger charge is 2.11. The van der Waals surface area contributed by atoms with Gasteiger partial charge in [-0.15, -0.1) is 0 Å². The molecule has 1 rings (SSSR count). The third-order valence-electron chi connectivity index (χ3n) is 1.90. The molecule has 0 saturated carbocycles. The third-order valence-corrected chi connectivity index (χ3v) is 1.90. The lowest BCUT2D eigenvalue weighted by Crippen LogP contribution is -2.12. The molecular formula is C11H17NO3. The van der Waals surface area contributed by atoms with Gasteiger partial charge in [-0.25, -0.2) is 5.48 Å². The summed E-state index contributed by atoms with van der Waals surface area (Å²) >= 11 is 0. The molecule has 0 unspecified atom stereocenters. The Labute approximate surface area is 89.8 Å². The van der Waals surface area contributed by atoms with Crippen molar-refractivity contribution < 1.29 is 14.7 Å². The van der Waals surface area contributed by atoms with E-state index in [2.05, 4.69) is 5.48 Å². The van der Waals surface area contributed by atoms with E-state index < -0.39 is 0 Å². The Hall–Kier alpha value is -1.26. The van der Waals surface area contributed by atoms with Crippen molar-refractivity contribution in [1.82, 2.24) is 5.48 Å². The fourth-order valence-corrected chi connectivity index (χ4v) is 1.32. The lowest BCUT2D eigenvalue weighted by molar-refractivity contribution is 0.157. The van der Waals surface area contributed by atoms with E-state index in [1.54, 1.807) is 7.11 Å². The van der Waals surface area contributed by atoms with Crippen LogP contribution in [0.2, 0.25) is 0 Å². The molecule has 0 bridgehead atoms. The number of hydrogen-bond acceptors (Lipinski definition) is 4. The van der Waals surface area contributed by atoms with E-state index in [1.807, 2.05) is 32.0 Å². The van der Waals surface area contributed by atoms with Crippen LogP contribution in [0.15, 0.2) is 18.2 Å². The van der Waals surface area contributed by atoms with Gasteiger partial charge in [0.15, 0.2) is 11.5 Å². The molecule has 0 saturated heterocycles. The van der Waals surface area contributed by atoms with Gasteiger partial charge in [0.1, 0.15) is 0 Å². The van der Waals surface area contributed by atoms with Crippen LogP contribution in [0, 0.1) is 0 Å². The van der Waals surface area contributed by atoms with Gasteiger partial charge in [0.05, 0.1) is 13.2 Å². The van der Waals surface area contributed by atoms with E-state index in [9.17, 15) is 0 Å². The summed E-state index contributed by atoms with van der Waals surface area (Å²) in [5, 5.41) is 8.70. The number of nitrogens with one attached hydrogen (secondary N) is 1. The van der Waals surface area contributed by atoms with Gasteiger partial charge in [0.25, 0.3) is 0 Å². The molecule has 2 N–H and O–H groups in total. The summed E-state index contributed by atoms with van der Waals surface area (Å²) in [6.45, 7) is 4.23. The van der Waals surface area contributed by atoms with Crippen LogP contribution in [-0.2, 0) is 6.54 Å². The maximum Gasteiger partial charge on any atom is 0.166 e. The van der Waals surface area contributed by atoms with Crippen LogP contribution in [0.25, 0.3) is 0 Å². The molecule has 15 heavy (non-hydrogen) atoms. The summed E-state index contributed by atoms with van der Waals surface area (Å²) < 4.78 is 10.8.